The number of hydrogen-bond donors (Lipinski definition) is 1. The van der Waals surface area contributed by atoms with Crippen LogP contribution in [0.5, 0.6) is 0 Å². The highest BCUT2D eigenvalue weighted by molar-refractivity contribution is 5.90. The largest absolute Gasteiger partial charge is 0.449 e. The van der Waals surface area contributed by atoms with Gasteiger partial charge in [0.15, 0.2) is 0 Å². The van der Waals surface area contributed by atoms with Crippen LogP contribution in [0, 0.1) is 0 Å². The zero-order valence-corrected chi connectivity index (χ0v) is 19.4. The molecule has 3 rings (SSSR count). The van der Waals surface area contributed by atoms with E-state index < -0.39 is 64.9 Å². The average Bonchev–Trinajstić information content (AvgIpc) is 2.80. The van der Waals surface area contributed by atoms with Crippen molar-refractivity contribution in [2.75, 3.05) is 11.5 Å². The van der Waals surface area contributed by atoms with E-state index in [4.69, 9.17) is 4.74 Å². The van der Waals surface area contributed by atoms with Gasteiger partial charge in [0.25, 0.3) is 0 Å². The average molecular weight is 543 g/mol. The van der Waals surface area contributed by atoms with Gasteiger partial charge in [0, 0.05) is 12.0 Å². The number of aliphatic hydroxyl groups is 1. The number of halogens is 9. The molecule has 0 saturated heterocycles. The second-order valence-corrected chi connectivity index (χ2v) is 8.53. The van der Waals surface area contributed by atoms with Crippen molar-refractivity contribution in [3.63, 3.8) is 0 Å². The Morgan fingerprint density at radius 3 is 1.92 bits per heavy atom. The molecule has 1 heterocycles. The molecule has 0 saturated carbocycles. The van der Waals surface area contributed by atoms with Gasteiger partial charge >= 0.3 is 24.6 Å². The molecular formula is C24H22F9NO3. The lowest BCUT2D eigenvalue weighted by atomic mass is 9.78. The Hall–Kier alpha value is -2.96. The van der Waals surface area contributed by atoms with Crippen molar-refractivity contribution in [2.45, 2.75) is 63.3 Å². The first kappa shape index (κ1) is 28.6. The van der Waals surface area contributed by atoms with E-state index in [1.54, 1.807) is 6.92 Å². The molecule has 0 bridgehead atoms. The van der Waals surface area contributed by atoms with Gasteiger partial charge < -0.3 is 9.84 Å². The number of amides is 1. The molecule has 0 unspecified atom stereocenters. The van der Waals surface area contributed by atoms with E-state index in [0.717, 1.165) is 11.0 Å². The SMILES string of the molecule is CCOC(=O)N1c2ccc(C(F)(F)F)cc2[C@H]([C@H](O)c2cc(C(F)(F)F)cc(C(F)(F)F)c2)C[C@@H]1CC. The van der Waals surface area contributed by atoms with Crippen LogP contribution in [0.25, 0.3) is 0 Å². The maximum absolute atomic E-state index is 13.5. The number of carbonyl (C=O) groups excluding carboxylic acids is 1. The van der Waals surface area contributed by atoms with Gasteiger partial charge in [-0.15, -0.1) is 0 Å². The van der Waals surface area contributed by atoms with Gasteiger partial charge in [0.1, 0.15) is 0 Å². The fraction of sp³-hybridized carbons (Fsp3) is 0.458. The normalized spacial score (nSPS) is 19.4. The van der Waals surface area contributed by atoms with Crippen molar-refractivity contribution in [1.29, 1.82) is 0 Å². The number of alkyl halides is 9. The van der Waals surface area contributed by atoms with Crippen LogP contribution in [-0.4, -0.2) is 23.8 Å². The molecule has 1 aliphatic rings. The quantitative estimate of drug-likeness (QED) is 0.402. The summed E-state index contributed by atoms with van der Waals surface area (Å²) in [5, 5.41) is 11.1. The van der Waals surface area contributed by atoms with Crippen LogP contribution in [0.1, 0.15) is 66.5 Å². The number of rotatable bonds is 4. The Kier molecular flexibility index (Phi) is 7.79. The van der Waals surface area contributed by atoms with Gasteiger partial charge in [-0.1, -0.05) is 6.92 Å². The molecule has 3 atom stereocenters. The van der Waals surface area contributed by atoms with Crippen LogP contribution >= 0.6 is 0 Å². The number of carbonyl (C=O) groups is 1. The smallest absolute Gasteiger partial charge is 0.416 e. The van der Waals surface area contributed by atoms with Gasteiger partial charge in [-0.05, 0) is 67.3 Å². The lowest BCUT2D eigenvalue weighted by Gasteiger charge is -2.41. The van der Waals surface area contributed by atoms with Crippen LogP contribution in [0.2, 0.25) is 0 Å². The highest BCUT2D eigenvalue weighted by Gasteiger charge is 2.43. The summed E-state index contributed by atoms with van der Waals surface area (Å²) in [6.07, 6.45) is -18.2. The molecule has 1 aliphatic heterocycles. The number of benzene rings is 2. The third kappa shape index (κ3) is 5.97. The first-order chi connectivity index (χ1) is 17.0. The summed E-state index contributed by atoms with van der Waals surface area (Å²) >= 11 is 0. The van der Waals surface area contributed by atoms with Crippen molar-refractivity contribution in [2.24, 2.45) is 0 Å². The minimum atomic E-state index is -5.18. The standard InChI is InChI=1S/C24H22F9NO3/c1-3-16-11-18(20(35)12-7-14(23(28,29)30)9-15(8-12)24(31,32)33)17-10-13(22(25,26)27)5-6-19(17)34(16)21(36)37-4-2/h5-10,16,18,20,35H,3-4,11H2,1-2H3/t16-,18+,20+/m0/s1. The maximum Gasteiger partial charge on any atom is 0.416 e. The Labute approximate surface area is 205 Å². The van der Waals surface area contributed by atoms with Gasteiger partial charge in [0.2, 0.25) is 0 Å². The second-order valence-electron chi connectivity index (χ2n) is 8.53. The Bertz CT molecular complexity index is 1110. The lowest BCUT2D eigenvalue weighted by Crippen LogP contribution is -2.45. The molecule has 13 heteroatoms. The van der Waals surface area contributed by atoms with Crippen LogP contribution < -0.4 is 4.90 Å². The third-order valence-electron chi connectivity index (χ3n) is 6.17. The molecule has 37 heavy (non-hydrogen) atoms. The molecule has 0 aromatic heterocycles. The second kappa shape index (κ2) is 10.1. The summed E-state index contributed by atoms with van der Waals surface area (Å²) in [5.74, 6) is -1.36. The lowest BCUT2D eigenvalue weighted by molar-refractivity contribution is -0.143. The highest BCUT2D eigenvalue weighted by atomic mass is 19.4. The molecule has 4 nitrogen and oxygen atoms in total. The first-order valence-corrected chi connectivity index (χ1v) is 11.1. The number of ether oxygens (including phenoxy) is 1. The summed E-state index contributed by atoms with van der Waals surface area (Å²) in [7, 11) is 0. The minimum absolute atomic E-state index is 0.0573. The van der Waals surface area contributed by atoms with Crippen molar-refractivity contribution < 1.29 is 54.2 Å². The van der Waals surface area contributed by atoms with Crippen LogP contribution in [0.3, 0.4) is 0 Å². The van der Waals surface area contributed by atoms with Crippen molar-refractivity contribution >= 4 is 11.8 Å². The summed E-state index contributed by atoms with van der Waals surface area (Å²) < 4.78 is 126. The Morgan fingerprint density at radius 1 is 0.919 bits per heavy atom. The van der Waals surface area contributed by atoms with E-state index in [1.165, 1.54) is 6.92 Å². The third-order valence-corrected chi connectivity index (χ3v) is 6.17. The number of nitrogens with zero attached hydrogens (tertiary/aromatic N) is 1. The molecule has 0 spiro atoms. The zero-order chi connectivity index (χ0) is 27.9. The van der Waals surface area contributed by atoms with Crippen LogP contribution in [0.4, 0.5) is 50.0 Å². The van der Waals surface area contributed by atoms with Gasteiger partial charge in [-0.3, -0.25) is 4.90 Å². The number of aliphatic hydroxyl groups excluding tert-OH is 1. The summed E-state index contributed by atoms with van der Waals surface area (Å²) in [4.78, 5) is 13.7. The van der Waals surface area contributed by atoms with E-state index >= 15 is 0 Å². The van der Waals surface area contributed by atoms with E-state index in [1.807, 2.05) is 0 Å². The number of hydrogen-bond acceptors (Lipinski definition) is 3. The Morgan fingerprint density at radius 2 is 1.46 bits per heavy atom. The Balaban J connectivity index is 2.22. The predicted molar refractivity (Wildman–Crippen MR) is 114 cm³/mol. The van der Waals surface area contributed by atoms with Crippen molar-refractivity contribution in [1.82, 2.24) is 0 Å². The van der Waals surface area contributed by atoms with E-state index in [0.29, 0.717) is 24.3 Å². The first-order valence-electron chi connectivity index (χ1n) is 11.1. The molecule has 2 aromatic carbocycles. The molecule has 2 aromatic rings. The van der Waals surface area contributed by atoms with Gasteiger partial charge in [0.05, 0.1) is 35.1 Å². The van der Waals surface area contributed by atoms with Gasteiger partial charge in [-0.2, -0.15) is 39.5 Å². The molecule has 0 radical (unpaired) electrons. The van der Waals surface area contributed by atoms with Gasteiger partial charge in [-0.25, -0.2) is 4.79 Å². The van der Waals surface area contributed by atoms with Crippen molar-refractivity contribution in [3.05, 3.63) is 64.2 Å². The van der Waals surface area contributed by atoms with E-state index in [9.17, 15) is 49.4 Å². The topological polar surface area (TPSA) is 49.8 Å². The molecule has 204 valence electrons. The zero-order valence-electron chi connectivity index (χ0n) is 19.4. The van der Waals surface area contributed by atoms with Crippen LogP contribution in [0.15, 0.2) is 36.4 Å². The van der Waals surface area contributed by atoms with E-state index in [-0.39, 0.29) is 36.8 Å². The molecular weight excluding hydrogens is 521 g/mol. The fourth-order valence-electron chi connectivity index (χ4n) is 4.44. The molecule has 0 aliphatic carbocycles. The monoisotopic (exact) mass is 543 g/mol. The highest BCUT2D eigenvalue weighted by Crippen LogP contribution is 2.48. The summed E-state index contributed by atoms with van der Waals surface area (Å²) in [5.41, 5.74) is -5.62. The van der Waals surface area contributed by atoms with Crippen LogP contribution in [-0.2, 0) is 23.3 Å². The maximum atomic E-state index is 13.5. The molecule has 0 fully saturated rings. The number of fused-ring (bicyclic) bond motifs is 1. The predicted octanol–water partition coefficient (Wildman–Crippen LogP) is 7.71. The van der Waals surface area contributed by atoms with E-state index in [2.05, 4.69) is 0 Å². The fourth-order valence-corrected chi connectivity index (χ4v) is 4.44. The number of anilines is 1. The molecule has 1 N–H and O–H groups in total. The summed E-state index contributed by atoms with van der Waals surface area (Å²) in [6.45, 7) is 3.08. The minimum Gasteiger partial charge on any atom is -0.449 e. The summed E-state index contributed by atoms with van der Waals surface area (Å²) in [6, 6.07) is 2.11. The molecule has 1 amide bonds. The van der Waals surface area contributed by atoms with Crippen molar-refractivity contribution in [3.8, 4) is 0 Å².